The molecule has 0 aliphatic carbocycles. The van der Waals surface area contributed by atoms with Crippen LogP contribution in [0, 0.1) is 18.2 Å². The van der Waals surface area contributed by atoms with E-state index in [9.17, 15) is 4.39 Å². The Balaban J connectivity index is 2.05. The topological polar surface area (TPSA) is 24.4 Å². The minimum Gasteiger partial charge on any atom is -0.335 e. The highest BCUT2D eigenvalue weighted by atomic mass is 32.2. The molecule has 1 aromatic rings. The summed E-state index contributed by atoms with van der Waals surface area (Å²) in [6.07, 6.45) is 2.34. The number of aliphatic imine (C=N–C) groups is 1. The van der Waals surface area contributed by atoms with Gasteiger partial charge in [0.05, 0.1) is 0 Å². The molecule has 0 spiro atoms. The summed E-state index contributed by atoms with van der Waals surface area (Å²) >= 11 is 1.77. The number of aryl methyl sites for hydroxylation is 1. The highest BCUT2D eigenvalue weighted by molar-refractivity contribution is 8.14. The van der Waals surface area contributed by atoms with Crippen LogP contribution in [-0.4, -0.2) is 17.5 Å². The summed E-state index contributed by atoms with van der Waals surface area (Å²) in [7, 11) is 0. The molecule has 0 amide bonds. The molecule has 1 aromatic carbocycles. The quantitative estimate of drug-likeness (QED) is 0.884. The Kier molecular flexibility index (Phi) is 4.50. The van der Waals surface area contributed by atoms with Gasteiger partial charge < -0.3 is 5.32 Å². The zero-order valence-corrected chi connectivity index (χ0v) is 12.6. The Labute approximate surface area is 118 Å². The number of amidine groups is 1. The molecule has 1 aliphatic rings. The third-order valence-corrected chi connectivity index (χ3v) is 5.24. The van der Waals surface area contributed by atoms with E-state index >= 15 is 0 Å². The maximum atomic E-state index is 13.2. The summed E-state index contributed by atoms with van der Waals surface area (Å²) in [5.41, 5.74) is 1.92. The Morgan fingerprint density at radius 2 is 2.11 bits per heavy atom. The highest BCUT2D eigenvalue weighted by Gasteiger charge is 2.30. The van der Waals surface area contributed by atoms with Crippen molar-refractivity contribution in [2.75, 3.05) is 17.6 Å². The van der Waals surface area contributed by atoms with Gasteiger partial charge in [0, 0.05) is 18.0 Å². The Hall–Kier alpha value is -1.03. The first kappa shape index (κ1) is 14.4. The maximum absolute atomic E-state index is 13.2. The SMILES string of the molecule is CCC1(CC)CN=C(Nc2ccc(F)c(C)c2)SC1. The maximum Gasteiger partial charge on any atom is 0.161 e. The van der Waals surface area contributed by atoms with Crippen LogP contribution < -0.4 is 5.32 Å². The number of hydrogen-bond donors (Lipinski definition) is 1. The molecule has 0 aromatic heterocycles. The summed E-state index contributed by atoms with van der Waals surface area (Å²) in [5.74, 6) is 0.936. The summed E-state index contributed by atoms with van der Waals surface area (Å²) in [5, 5.41) is 4.23. The van der Waals surface area contributed by atoms with Gasteiger partial charge in [-0.2, -0.15) is 0 Å². The van der Waals surface area contributed by atoms with Crippen molar-refractivity contribution < 1.29 is 4.39 Å². The molecule has 0 bridgehead atoms. The van der Waals surface area contributed by atoms with Crippen LogP contribution in [0.4, 0.5) is 10.1 Å². The van der Waals surface area contributed by atoms with Gasteiger partial charge in [-0.25, -0.2) is 4.39 Å². The molecule has 0 radical (unpaired) electrons. The summed E-state index contributed by atoms with van der Waals surface area (Å²) in [6, 6.07) is 5.07. The van der Waals surface area contributed by atoms with E-state index < -0.39 is 0 Å². The first-order valence-corrected chi connectivity index (χ1v) is 7.77. The second-order valence-corrected chi connectivity index (χ2v) is 6.17. The van der Waals surface area contributed by atoms with Gasteiger partial charge in [-0.3, -0.25) is 4.99 Å². The number of halogens is 1. The Bertz CT molecular complexity index is 481. The predicted molar refractivity (Wildman–Crippen MR) is 82.5 cm³/mol. The molecule has 0 unspecified atom stereocenters. The van der Waals surface area contributed by atoms with E-state index in [0.717, 1.165) is 23.2 Å². The molecular formula is C15H21FN2S. The molecule has 1 N–H and O–H groups in total. The first-order chi connectivity index (χ1) is 9.08. The number of nitrogens with zero attached hydrogens (tertiary/aromatic N) is 1. The zero-order chi connectivity index (χ0) is 13.9. The number of hydrogen-bond acceptors (Lipinski definition) is 3. The van der Waals surface area contributed by atoms with Crippen molar-refractivity contribution in [3.8, 4) is 0 Å². The number of anilines is 1. The number of thioether (sulfide) groups is 1. The molecule has 0 saturated heterocycles. The van der Waals surface area contributed by atoms with E-state index in [2.05, 4.69) is 24.2 Å². The predicted octanol–water partition coefficient (Wildman–Crippen LogP) is 4.46. The van der Waals surface area contributed by atoms with Crippen LogP contribution in [0.3, 0.4) is 0 Å². The molecule has 0 fully saturated rings. The smallest absolute Gasteiger partial charge is 0.161 e. The molecule has 2 nitrogen and oxygen atoms in total. The van der Waals surface area contributed by atoms with Gasteiger partial charge in [0.25, 0.3) is 0 Å². The molecule has 2 rings (SSSR count). The third kappa shape index (κ3) is 3.30. The van der Waals surface area contributed by atoms with Crippen molar-refractivity contribution in [2.24, 2.45) is 10.4 Å². The molecule has 4 heteroatoms. The average Bonchev–Trinajstić information content (AvgIpc) is 2.44. The standard InChI is InChI=1S/C15H21FN2S/c1-4-15(5-2)9-17-14(19-10-15)18-12-6-7-13(16)11(3)8-12/h6-8H,4-5,9-10H2,1-3H3,(H,17,18). The lowest BCUT2D eigenvalue weighted by Crippen LogP contribution is -2.32. The number of nitrogens with one attached hydrogen (secondary N) is 1. The molecule has 19 heavy (non-hydrogen) atoms. The summed E-state index contributed by atoms with van der Waals surface area (Å²) < 4.78 is 13.2. The summed E-state index contributed by atoms with van der Waals surface area (Å²) in [6.45, 7) is 7.13. The van der Waals surface area contributed by atoms with Gasteiger partial charge in [-0.15, -0.1) is 0 Å². The van der Waals surface area contributed by atoms with Crippen LogP contribution in [-0.2, 0) is 0 Å². The molecular weight excluding hydrogens is 259 g/mol. The minimum absolute atomic E-state index is 0.167. The van der Waals surface area contributed by atoms with Crippen molar-refractivity contribution >= 4 is 22.6 Å². The van der Waals surface area contributed by atoms with Gasteiger partial charge in [0.15, 0.2) is 5.17 Å². The van der Waals surface area contributed by atoms with Gasteiger partial charge in [-0.05, 0) is 48.9 Å². The second kappa shape index (κ2) is 5.95. The fourth-order valence-corrected chi connectivity index (χ4v) is 3.44. The van der Waals surface area contributed by atoms with E-state index in [1.165, 1.54) is 18.9 Å². The Morgan fingerprint density at radius 3 is 2.63 bits per heavy atom. The highest BCUT2D eigenvalue weighted by Crippen LogP contribution is 2.35. The lowest BCUT2D eigenvalue weighted by molar-refractivity contribution is 0.318. The molecule has 0 atom stereocenters. The zero-order valence-electron chi connectivity index (χ0n) is 11.8. The van der Waals surface area contributed by atoms with Crippen LogP contribution in [0.5, 0.6) is 0 Å². The van der Waals surface area contributed by atoms with Crippen LogP contribution in [0.2, 0.25) is 0 Å². The van der Waals surface area contributed by atoms with Gasteiger partial charge >= 0.3 is 0 Å². The Morgan fingerprint density at radius 1 is 1.37 bits per heavy atom. The lowest BCUT2D eigenvalue weighted by Gasteiger charge is -2.33. The first-order valence-electron chi connectivity index (χ1n) is 6.79. The van der Waals surface area contributed by atoms with E-state index in [-0.39, 0.29) is 5.82 Å². The molecule has 104 valence electrons. The second-order valence-electron chi connectivity index (χ2n) is 5.21. The van der Waals surface area contributed by atoms with Crippen LogP contribution in [0.25, 0.3) is 0 Å². The van der Waals surface area contributed by atoms with Crippen molar-refractivity contribution in [3.05, 3.63) is 29.6 Å². The van der Waals surface area contributed by atoms with E-state index in [4.69, 9.17) is 0 Å². The van der Waals surface area contributed by atoms with Crippen molar-refractivity contribution in [1.82, 2.24) is 0 Å². The lowest BCUT2D eigenvalue weighted by atomic mass is 9.84. The molecule has 1 aliphatic heterocycles. The van der Waals surface area contributed by atoms with Crippen LogP contribution in [0.15, 0.2) is 23.2 Å². The number of benzene rings is 1. The van der Waals surface area contributed by atoms with Crippen molar-refractivity contribution in [3.63, 3.8) is 0 Å². The minimum atomic E-state index is -0.167. The fourth-order valence-electron chi connectivity index (χ4n) is 2.15. The monoisotopic (exact) mass is 280 g/mol. The van der Waals surface area contributed by atoms with Crippen LogP contribution in [0.1, 0.15) is 32.3 Å². The van der Waals surface area contributed by atoms with Gasteiger partial charge in [0.2, 0.25) is 0 Å². The van der Waals surface area contributed by atoms with E-state index in [0.29, 0.717) is 11.0 Å². The van der Waals surface area contributed by atoms with Crippen LogP contribution >= 0.6 is 11.8 Å². The van der Waals surface area contributed by atoms with Gasteiger partial charge in [0.1, 0.15) is 5.82 Å². The average molecular weight is 280 g/mol. The fraction of sp³-hybridized carbons (Fsp3) is 0.533. The van der Waals surface area contributed by atoms with Gasteiger partial charge in [-0.1, -0.05) is 25.6 Å². The number of rotatable bonds is 3. The van der Waals surface area contributed by atoms with Crippen molar-refractivity contribution in [2.45, 2.75) is 33.6 Å². The molecule has 0 saturated carbocycles. The normalized spacial score (nSPS) is 18.0. The van der Waals surface area contributed by atoms with E-state index in [1.807, 2.05) is 6.07 Å². The van der Waals surface area contributed by atoms with Crippen molar-refractivity contribution in [1.29, 1.82) is 0 Å². The van der Waals surface area contributed by atoms with E-state index in [1.54, 1.807) is 24.8 Å². The largest absolute Gasteiger partial charge is 0.335 e. The summed E-state index contributed by atoms with van der Waals surface area (Å²) in [4.78, 5) is 4.65. The molecule has 1 heterocycles. The third-order valence-electron chi connectivity index (χ3n) is 3.98.